The van der Waals surface area contributed by atoms with E-state index in [0.29, 0.717) is 54.7 Å². The van der Waals surface area contributed by atoms with Gasteiger partial charge in [-0.15, -0.1) is 22.7 Å². The number of imide groups is 2. The minimum Gasteiger partial charge on any atom is -0.497 e. The molecule has 6 heterocycles. The zero-order chi connectivity index (χ0) is 63.7. The highest BCUT2D eigenvalue weighted by molar-refractivity contribution is 7.16. The number of hydrogen-bond acceptors (Lipinski definition) is 7. The van der Waals surface area contributed by atoms with Crippen LogP contribution in [0.2, 0.25) is 0 Å². The van der Waals surface area contributed by atoms with Crippen molar-refractivity contribution in [1.29, 1.82) is 0 Å². The SMILES string of the molecule is COc1ccc(-c2cc(C3=C(c4cc(-c5ccc(C#Cc6cc(N7C(=O)C(=C(C)C)/C(=C\c8c(C)c9ccccc9n8C)C7=O)cc(N7C(=O)C(=C(C)C)/C(=C\c8c(C)c9ccccc9n8C)C7=O)c6)cc5)sc4C)C(F)(F)C(F)(F)C3(F)F)c(C)s2)cc1. The van der Waals surface area contributed by atoms with Crippen molar-refractivity contribution in [2.24, 2.45) is 14.1 Å². The van der Waals surface area contributed by atoms with Gasteiger partial charge in [-0.05, 0) is 180 Å². The Morgan fingerprint density at radius 2 is 0.899 bits per heavy atom. The highest BCUT2D eigenvalue weighted by atomic mass is 32.1. The molecule has 4 aromatic heterocycles. The molecule has 4 amide bonds. The van der Waals surface area contributed by atoms with Gasteiger partial charge in [-0.25, -0.2) is 9.80 Å². The number of ether oxygens (including phenoxy) is 1. The lowest BCUT2D eigenvalue weighted by molar-refractivity contribution is -0.254. The maximum atomic E-state index is 16.2. The van der Waals surface area contributed by atoms with Gasteiger partial charge >= 0.3 is 17.8 Å². The lowest BCUT2D eigenvalue weighted by Crippen LogP contribution is -2.48. The molecule has 0 unspecified atom stereocenters. The van der Waals surface area contributed by atoms with E-state index in [1.807, 2.05) is 85.6 Å². The Balaban J connectivity index is 0.941. The topological polar surface area (TPSA) is 93.8 Å². The van der Waals surface area contributed by atoms with Gasteiger partial charge in [0, 0.05) is 89.1 Å². The summed E-state index contributed by atoms with van der Waals surface area (Å²) < 4.78 is 105. The number of alkyl halides is 6. The lowest BCUT2D eigenvalue weighted by Gasteiger charge is -2.25. The van der Waals surface area contributed by atoms with Crippen LogP contribution in [0.5, 0.6) is 5.75 Å². The number of aromatic nitrogens is 2. The molecule has 9 aromatic rings. The smallest absolute Gasteiger partial charge is 0.380 e. The molecule has 0 radical (unpaired) electrons. The molecule has 0 atom stereocenters. The van der Waals surface area contributed by atoms with E-state index in [0.717, 1.165) is 65.4 Å². The van der Waals surface area contributed by atoms with E-state index in [1.165, 1.54) is 51.3 Å². The normalized spacial score (nSPS) is 17.2. The van der Waals surface area contributed by atoms with Crippen LogP contribution in [0.15, 0.2) is 161 Å². The number of thiophene rings is 2. The molecule has 0 bridgehead atoms. The number of halogens is 6. The fourth-order valence-electron chi connectivity index (χ4n) is 12.4. The average Bonchev–Trinajstić information content (AvgIpc) is 1.53. The van der Waals surface area contributed by atoms with E-state index < -0.39 is 63.7 Å². The minimum atomic E-state index is -5.76. The number of carbonyl (C=O) groups is 4. The second kappa shape index (κ2) is 21.7. The fraction of sp³-hybridized carbons (Fsp3) is 0.194. The zero-order valence-electron chi connectivity index (χ0n) is 50.2. The quantitative estimate of drug-likeness (QED) is 0.0621. The third-order valence-electron chi connectivity index (χ3n) is 17.0. The van der Waals surface area contributed by atoms with Crippen molar-refractivity contribution in [3.8, 4) is 38.5 Å². The van der Waals surface area contributed by atoms with E-state index in [2.05, 4.69) is 11.8 Å². The predicted molar refractivity (Wildman–Crippen MR) is 343 cm³/mol. The molecule has 0 N–H and O–H groups in total. The molecule has 448 valence electrons. The molecule has 0 spiro atoms. The standard InChI is InChI=1S/C72H56F6N4O5S2/c1-37(2)62-54(33-58-39(5)50-16-12-14-18-56(50)79(58)9)66(83)81(68(62)85)47-30-44(31-48(32-47)82-67(84)55(63(38(3)4)69(82)86)34-59-40(6)51-17-13-15-19-57(51)80(59)10)21-20-43-22-24-45(25-23-43)60-35-52(41(7)88-60)64-65(71(75,76)72(77,78)70(64,73)74)53-36-61(89-42(53)8)46-26-28-49(87-11)29-27-46/h12-19,22-36H,1-11H3/b54-33+,55-34+. The molecule has 5 aromatic carbocycles. The summed E-state index contributed by atoms with van der Waals surface area (Å²) >= 11 is 2.00. The first kappa shape index (κ1) is 59.8. The van der Waals surface area contributed by atoms with Crippen LogP contribution in [-0.4, -0.2) is 57.6 Å². The number of aryl methyl sites for hydroxylation is 6. The molecular formula is C72H56F6N4O5S2. The van der Waals surface area contributed by atoms with Crippen molar-refractivity contribution in [2.75, 3.05) is 16.9 Å². The van der Waals surface area contributed by atoms with E-state index in [1.54, 1.807) is 88.4 Å². The second-order valence-corrected chi connectivity index (χ2v) is 25.4. The Morgan fingerprint density at radius 1 is 0.506 bits per heavy atom. The number of carbonyl (C=O) groups excluding carboxylic acids is 4. The summed E-state index contributed by atoms with van der Waals surface area (Å²) in [5.74, 6) is -12.1. The fourth-order valence-corrected chi connectivity index (χ4v) is 14.5. The summed E-state index contributed by atoms with van der Waals surface area (Å²) in [6.07, 6.45) is 3.43. The summed E-state index contributed by atoms with van der Waals surface area (Å²) in [6, 6.07) is 35.7. The first-order valence-electron chi connectivity index (χ1n) is 28.3. The Morgan fingerprint density at radius 3 is 1.29 bits per heavy atom. The second-order valence-electron chi connectivity index (χ2n) is 22.9. The van der Waals surface area contributed by atoms with E-state index in [-0.39, 0.29) is 49.0 Å². The van der Waals surface area contributed by atoms with Crippen molar-refractivity contribution in [3.05, 3.63) is 215 Å². The third-order valence-corrected chi connectivity index (χ3v) is 19.2. The van der Waals surface area contributed by atoms with Crippen LogP contribution in [0.3, 0.4) is 0 Å². The summed E-state index contributed by atoms with van der Waals surface area (Å²) in [5, 5.41) is 1.95. The van der Waals surface area contributed by atoms with Crippen LogP contribution in [-0.2, 0) is 33.3 Å². The van der Waals surface area contributed by atoms with Gasteiger partial charge in [0.25, 0.3) is 23.6 Å². The molecule has 12 rings (SSSR count). The zero-order valence-corrected chi connectivity index (χ0v) is 51.8. The van der Waals surface area contributed by atoms with Crippen LogP contribution < -0.4 is 14.5 Å². The molecule has 0 saturated carbocycles. The van der Waals surface area contributed by atoms with Crippen LogP contribution in [0.4, 0.5) is 37.7 Å². The largest absolute Gasteiger partial charge is 0.497 e. The van der Waals surface area contributed by atoms with Crippen molar-refractivity contribution in [2.45, 2.75) is 73.2 Å². The van der Waals surface area contributed by atoms with Gasteiger partial charge in [0.1, 0.15) is 5.75 Å². The summed E-state index contributed by atoms with van der Waals surface area (Å²) in [4.78, 5) is 62.9. The van der Waals surface area contributed by atoms with Gasteiger partial charge in [-0.2, -0.15) is 26.3 Å². The third kappa shape index (κ3) is 9.36. The molecule has 2 saturated heterocycles. The first-order chi connectivity index (χ1) is 42.2. The molecule has 89 heavy (non-hydrogen) atoms. The number of para-hydroxylation sites is 2. The number of amides is 4. The molecule has 2 aliphatic heterocycles. The number of benzene rings is 5. The van der Waals surface area contributed by atoms with Crippen LogP contribution >= 0.6 is 22.7 Å². The van der Waals surface area contributed by atoms with Gasteiger partial charge in [0.15, 0.2) is 0 Å². The van der Waals surface area contributed by atoms with Gasteiger partial charge in [-0.3, -0.25) is 19.2 Å². The number of anilines is 2. The molecule has 3 aliphatic rings. The summed E-state index contributed by atoms with van der Waals surface area (Å²) in [5.41, 5.74) is 4.88. The molecule has 17 heteroatoms. The number of allylic oxidation sites excluding steroid dienone is 4. The van der Waals surface area contributed by atoms with E-state index in [9.17, 15) is 9.59 Å². The minimum absolute atomic E-state index is 0.0340. The number of nitrogens with zero attached hydrogens (tertiary/aromatic N) is 4. The molecule has 9 nitrogen and oxygen atoms in total. The monoisotopic (exact) mass is 1230 g/mol. The van der Waals surface area contributed by atoms with Gasteiger partial charge in [0.05, 0.1) is 40.8 Å². The summed E-state index contributed by atoms with van der Waals surface area (Å²) in [6.45, 7) is 13.7. The molecule has 2 fully saturated rings. The molecular weight excluding hydrogens is 1180 g/mol. The highest BCUT2D eigenvalue weighted by Crippen LogP contribution is 2.66. The first-order valence-corrected chi connectivity index (χ1v) is 30.0. The number of rotatable bonds is 9. The predicted octanol–water partition coefficient (Wildman–Crippen LogP) is 17.2. The summed E-state index contributed by atoms with van der Waals surface area (Å²) in [7, 11) is 5.25. The maximum Gasteiger partial charge on any atom is 0.380 e. The van der Waals surface area contributed by atoms with Gasteiger partial charge < -0.3 is 13.9 Å². The lowest BCUT2D eigenvalue weighted by atomic mass is 9.94. The van der Waals surface area contributed by atoms with Crippen molar-refractivity contribution in [1.82, 2.24) is 9.13 Å². The number of methoxy groups -OCH3 is 1. The van der Waals surface area contributed by atoms with Crippen molar-refractivity contribution >= 4 is 103 Å². The highest BCUT2D eigenvalue weighted by Gasteiger charge is 2.80. The average molecular weight is 1240 g/mol. The van der Waals surface area contributed by atoms with Crippen molar-refractivity contribution in [3.63, 3.8) is 0 Å². The van der Waals surface area contributed by atoms with Gasteiger partial charge in [-0.1, -0.05) is 71.5 Å². The number of hydrogen-bond donors (Lipinski definition) is 0. The van der Waals surface area contributed by atoms with E-state index in [4.69, 9.17) is 4.74 Å². The Labute approximate surface area is 517 Å². The van der Waals surface area contributed by atoms with Crippen LogP contribution in [0, 0.1) is 39.5 Å². The Bertz CT molecular complexity index is 4580. The van der Waals surface area contributed by atoms with E-state index >= 15 is 35.9 Å². The van der Waals surface area contributed by atoms with Gasteiger partial charge in [0.2, 0.25) is 0 Å². The maximum absolute atomic E-state index is 16.2. The Hall–Kier alpha value is -9.50. The van der Waals surface area contributed by atoms with Crippen molar-refractivity contribution < 1.29 is 50.3 Å². The number of fused-ring (bicyclic) bond motifs is 2. The Kier molecular flexibility index (Phi) is 14.6. The van der Waals surface area contributed by atoms with Crippen LogP contribution in [0.1, 0.15) is 82.2 Å². The molecule has 1 aliphatic carbocycles. The van der Waals surface area contributed by atoms with Crippen LogP contribution in [0.25, 0.3) is 66.0 Å².